The second kappa shape index (κ2) is 3.71. The predicted octanol–water partition coefficient (Wildman–Crippen LogP) is 0.149. The highest BCUT2D eigenvalue weighted by Gasteiger charge is 2.12. The van der Waals surface area contributed by atoms with E-state index in [1.807, 2.05) is 0 Å². The fourth-order valence-electron chi connectivity index (χ4n) is 0.262. The van der Waals surface area contributed by atoms with Gasteiger partial charge in [0.25, 0.3) is 0 Å². The Morgan fingerprint density at radius 3 is 2.18 bits per heavy atom. The van der Waals surface area contributed by atoms with Crippen LogP contribution in [0.2, 0.25) is 0 Å². The first-order valence-electron chi connectivity index (χ1n) is 2.45. The van der Waals surface area contributed by atoms with Gasteiger partial charge in [-0.15, -0.1) is 0 Å². The van der Waals surface area contributed by atoms with Crippen molar-refractivity contribution >= 4 is 29.5 Å². The Kier molecular flexibility index (Phi) is 3.25. The van der Waals surface area contributed by atoms with Gasteiger partial charge in [0.05, 0.1) is 0 Å². The average Bonchev–Trinajstić information content (AvgIpc) is 1.84. The van der Waals surface area contributed by atoms with E-state index in [1.165, 1.54) is 0 Å². The van der Waals surface area contributed by atoms with Crippen molar-refractivity contribution in [3.8, 4) is 0 Å². The van der Waals surface area contributed by atoms with Crippen molar-refractivity contribution in [1.82, 2.24) is 10.2 Å². The Bertz CT molecular complexity index is 204. The molecule has 0 bridgehead atoms. The summed E-state index contributed by atoms with van der Waals surface area (Å²) in [6.45, 7) is 0. The maximum Gasteiger partial charge on any atom is 0.413 e. The van der Waals surface area contributed by atoms with Crippen LogP contribution < -0.4 is 5.32 Å². The van der Waals surface area contributed by atoms with Crippen LogP contribution in [-0.2, 0) is 0 Å². The van der Waals surface area contributed by atoms with Crippen LogP contribution in [-0.4, -0.2) is 39.5 Å². The summed E-state index contributed by atoms with van der Waals surface area (Å²) in [5, 5.41) is 17.7. The molecule has 0 saturated heterocycles. The molecule has 2 amide bonds. The van der Waals surface area contributed by atoms with Crippen LogP contribution >= 0.6 is 12.2 Å². The molecule has 0 fully saturated rings. The number of rotatable bonds is 0. The molecule has 6 nitrogen and oxygen atoms in total. The number of hydrogen-bond acceptors (Lipinski definition) is 3. The number of thiocarbonyl (C=S) groups is 1. The van der Waals surface area contributed by atoms with Crippen LogP contribution in [0.5, 0.6) is 0 Å². The summed E-state index contributed by atoms with van der Waals surface area (Å²) in [7, 11) is 1.14. The maximum absolute atomic E-state index is 10.1. The second-order valence-corrected chi connectivity index (χ2v) is 1.96. The summed E-state index contributed by atoms with van der Waals surface area (Å²) in [5.41, 5.74) is 0. The molecule has 0 aromatic heterocycles. The Balaban J connectivity index is 4.04. The third-order valence-corrected chi connectivity index (χ3v) is 1.18. The summed E-state index contributed by atoms with van der Waals surface area (Å²) in [6, 6.07) is 0. The number of carbonyl (C=O) groups is 2. The van der Waals surface area contributed by atoms with Gasteiger partial charge in [0.15, 0.2) is 5.11 Å². The fourth-order valence-corrected chi connectivity index (χ4v) is 0.428. The lowest BCUT2D eigenvalue weighted by molar-refractivity contribution is 0.174. The Morgan fingerprint density at radius 2 is 1.91 bits per heavy atom. The second-order valence-electron chi connectivity index (χ2n) is 1.58. The lowest BCUT2D eigenvalue weighted by atomic mass is 10.8. The van der Waals surface area contributed by atoms with Crippen molar-refractivity contribution in [3.63, 3.8) is 0 Å². The molecule has 0 aliphatic heterocycles. The van der Waals surface area contributed by atoms with E-state index in [9.17, 15) is 9.59 Å². The summed E-state index contributed by atoms with van der Waals surface area (Å²) in [6.07, 6.45) is -2.70. The van der Waals surface area contributed by atoms with Gasteiger partial charge in [0.1, 0.15) is 0 Å². The van der Waals surface area contributed by atoms with Gasteiger partial charge >= 0.3 is 12.2 Å². The zero-order chi connectivity index (χ0) is 9.02. The summed E-state index contributed by atoms with van der Waals surface area (Å²) < 4.78 is 0. The molecule has 0 spiro atoms. The molecule has 0 radical (unpaired) electrons. The van der Waals surface area contributed by atoms with E-state index < -0.39 is 12.2 Å². The minimum atomic E-state index is -1.39. The van der Waals surface area contributed by atoms with Crippen molar-refractivity contribution in [2.75, 3.05) is 7.05 Å². The highest BCUT2D eigenvalue weighted by atomic mass is 32.1. The highest BCUT2D eigenvalue weighted by Crippen LogP contribution is 1.84. The molecule has 0 unspecified atom stereocenters. The summed E-state index contributed by atoms with van der Waals surface area (Å²) >= 11 is 4.38. The first-order valence-corrected chi connectivity index (χ1v) is 2.86. The molecule has 3 N–H and O–H groups in total. The standard InChI is InChI=1S/C4H6N2O4S/c1-6(4(9)10)2(11)5-3(7)8/h1H3,(H,5,11)(H,7,8)(H,9,10). The van der Waals surface area contributed by atoms with E-state index in [-0.39, 0.29) is 5.11 Å². The van der Waals surface area contributed by atoms with E-state index in [0.717, 1.165) is 7.05 Å². The van der Waals surface area contributed by atoms with Gasteiger partial charge in [-0.25, -0.2) is 9.59 Å². The van der Waals surface area contributed by atoms with Crippen molar-refractivity contribution in [2.45, 2.75) is 0 Å². The van der Waals surface area contributed by atoms with Crippen LogP contribution in [0.15, 0.2) is 0 Å². The van der Waals surface area contributed by atoms with Crippen LogP contribution in [0.3, 0.4) is 0 Å². The molecule has 7 heteroatoms. The topological polar surface area (TPSA) is 89.9 Å². The molecular formula is C4H6N2O4S. The molecule has 0 aromatic carbocycles. The van der Waals surface area contributed by atoms with Gasteiger partial charge in [-0.3, -0.25) is 10.2 Å². The third-order valence-electron chi connectivity index (χ3n) is 0.805. The third kappa shape index (κ3) is 3.36. The quantitative estimate of drug-likeness (QED) is 0.459. The fraction of sp³-hybridized carbons (Fsp3) is 0.250. The van der Waals surface area contributed by atoms with Crippen molar-refractivity contribution in [3.05, 3.63) is 0 Å². The van der Waals surface area contributed by atoms with E-state index >= 15 is 0 Å². The Labute approximate surface area is 67.4 Å². The zero-order valence-corrected chi connectivity index (χ0v) is 6.38. The number of nitrogens with one attached hydrogen (secondary N) is 1. The van der Waals surface area contributed by atoms with Crippen molar-refractivity contribution in [1.29, 1.82) is 0 Å². The van der Waals surface area contributed by atoms with Gasteiger partial charge < -0.3 is 10.2 Å². The maximum atomic E-state index is 10.1. The van der Waals surface area contributed by atoms with Crippen molar-refractivity contribution < 1.29 is 19.8 Å². The number of carboxylic acid groups (broad SMARTS) is 2. The lowest BCUT2D eigenvalue weighted by Gasteiger charge is -2.12. The van der Waals surface area contributed by atoms with Gasteiger partial charge in [-0.1, -0.05) is 0 Å². The minimum absolute atomic E-state index is 0.370. The lowest BCUT2D eigenvalue weighted by Crippen LogP contribution is -2.42. The SMILES string of the molecule is CN(C(=O)O)C(=S)NC(=O)O. The summed E-state index contributed by atoms with van der Waals surface area (Å²) in [5.74, 6) is 0. The van der Waals surface area contributed by atoms with Gasteiger partial charge in [-0.05, 0) is 12.2 Å². The monoisotopic (exact) mass is 178 g/mol. The van der Waals surface area contributed by atoms with Gasteiger partial charge in [0.2, 0.25) is 0 Å². The molecule has 0 heterocycles. The molecule has 0 aliphatic rings. The molecule has 0 rings (SSSR count). The Hall–Kier alpha value is -1.37. The van der Waals surface area contributed by atoms with E-state index in [0.29, 0.717) is 4.90 Å². The first kappa shape index (κ1) is 9.63. The first-order chi connectivity index (χ1) is 4.95. The molecule has 0 saturated carbocycles. The highest BCUT2D eigenvalue weighted by molar-refractivity contribution is 7.80. The molecule has 11 heavy (non-hydrogen) atoms. The Morgan fingerprint density at radius 1 is 1.45 bits per heavy atom. The smallest absolute Gasteiger partial charge is 0.413 e. The van der Waals surface area contributed by atoms with Crippen LogP contribution in [0.1, 0.15) is 0 Å². The average molecular weight is 178 g/mol. The van der Waals surface area contributed by atoms with Crippen LogP contribution in [0, 0.1) is 0 Å². The van der Waals surface area contributed by atoms with E-state index in [2.05, 4.69) is 12.2 Å². The largest absolute Gasteiger partial charge is 0.465 e. The number of amides is 2. The molecule has 0 aromatic rings. The van der Waals surface area contributed by atoms with Crippen LogP contribution in [0.25, 0.3) is 0 Å². The molecule has 0 aliphatic carbocycles. The molecule has 0 atom stereocenters. The number of hydrogen-bond donors (Lipinski definition) is 3. The predicted molar refractivity (Wildman–Crippen MR) is 39.5 cm³/mol. The summed E-state index contributed by atoms with van der Waals surface area (Å²) in [4.78, 5) is 20.6. The van der Waals surface area contributed by atoms with Gasteiger partial charge in [0, 0.05) is 7.05 Å². The zero-order valence-electron chi connectivity index (χ0n) is 5.57. The minimum Gasteiger partial charge on any atom is -0.465 e. The molecular weight excluding hydrogens is 172 g/mol. The van der Waals surface area contributed by atoms with Crippen molar-refractivity contribution in [2.24, 2.45) is 0 Å². The van der Waals surface area contributed by atoms with Crippen LogP contribution in [0.4, 0.5) is 9.59 Å². The van der Waals surface area contributed by atoms with Gasteiger partial charge in [-0.2, -0.15) is 0 Å². The molecule has 62 valence electrons. The normalized spacial score (nSPS) is 8.45. The number of nitrogens with zero attached hydrogens (tertiary/aromatic N) is 1. The van der Waals surface area contributed by atoms with E-state index in [1.54, 1.807) is 5.32 Å². The van der Waals surface area contributed by atoms with E-state index in [4.69, 9.17) is 10.2 Å².